The molecule has 1 aliphatic rings. The van der Waals surface area contributed by atoms with Gasteiger partial charge in [-0.3, -0.25) is 0 Å². The van der Waals surface area contributed by atoms with Crippen molar-refractivity contribution >= 4 is 0 Å². The fourth-order valence-corrected chi connectivity index (χ4v) is 3.50. The van der Waals surface area contributed by atoms with Gasteiger partial charge in [0.15, 0.2) is 0 Å². The molecule has 2 rings (SSSR count). The van der Waals surface area contributed by atoms with E-state index in [1.807, 2.05) is 0 Å². The van der Waals surface area contributed by atoms with Crippen molar-refractivity contribution in [1.82, 2.24) is 0 Å². The highest BCUT2D eigenvalue weighted by Crippen LogP contribution is 2.37. The first-order chi connectivity index (χ1) is 10.8. The lowest BCUT2D eigenvalue weighted by Gasteiger charge is -2.28. The smallest absolute Gasteiger partial charge is 0.0716 e. The van der Waals surface area contributed by atoms with Crippen molar-refractivity contribution in [3.05, 3.63) is 47.5 Å². The topological polar surface area (TPSA) is 9.23 Å². The highest BCUT2D eigenvalue weighted by Gasteiger charge is 2.21. The van der Waals surface area contributed by atoms with Crippen LogP contribution in [0, 0.1) is 5.92 Å². The van der Waals surface area contributed by atoms with Crippen LogP contribution in [0.1, 0.15) is 75.8 Å². The Labute approximate surface area is 136 Å². The summed E-state index contributed by atoms with van der Waals surface area (Å²) in [7, 11) is 0. The summed E-state index contributed by atoms with van der Waals surface area (Å²) in [4.78, 5) is 0. The number of allylic oxidation sites excluding steroid dienone is 2. The molecular weight excluding hydrogens is 268 g/mol. The Morgan fingerprint density at radius 3 is 2.45 bits per heavy atom. The molecule has 22 heavy (non-hydrogen) atoms. The second kappa shape index (κ2) is 9.84. The molecule has 0 saturated heterocycles. The lowest BCUT2D eigenvalue weighted by atomic mass is 9.77. The Morgan fingerprint density at radius 1 is 1.09 bits per heavy atom. The number of rotatable bonds is 8. The highest BCUT2D eigenvalue weighted by atomic mass is 16.5. The van der Waals surface area contributed by atoms with Crippen molar-refractivity contribution < 1.29 is 4.74 Å². The third-order valence-electron chi connectivity index (χ3n) is 4.89. The molecule has 1 heteroatoms. The molecule has 122 valence electrons. The predicted octanol–water partition coefficient (Wildman–Crippen LogP) is 6.24. The minimum Gasteiger partial charge on any atom is -0.377 e. The Balaban J connectivity index is 1.76. The van der Waals surface area contributed by atoms with E-state index in [9.17, 15) is 0 Å². The lowest BCUT2D eigenvalue weighted by Crippen LogP contribution is -2.13. The van der Waals surface area contributed by atoms with Crippen molar-refractivity contribution in [2.75, 3.05) is 6.61 Å². The third-order valence-corrected chi connectivity index (χ3v) is 4.89. The van der Waals surface area contributed by atoms with Crippen LogP contribution in [0.3, 0.4) is 0 Å². The van der Waals surface area contributed by atoms with E-state index in [0.717, 1.165) is 31.5 Å². The van der Waals surface area contributed by atoms with Crippen LogP contribution < -0.4 is 0 Å². The number of benzene rings is 1. The Morgan fingerprint density at radius 2 is 1.82 bits per heavy atom. The van der Waals surface area contributed by atoms with E-state index in [0.29, 0.717) is 0 Å². The minimum atomic E-state index is 0.756. The van der Waals surface area contributed by atoms with Crippen LogP contribution in [-0.4, -0.2) is 6.61 Å². The van der Waals surface area contributed by atoms with Crippen molar-refractivity contribution in [2.24, 2.45) is 5.92 Å². The van der Waals surface area contributed by atoms with Crippen LogP contribution in [0.15, 0.2) is 36.4 Å². The summed E-state index contributed by atoms with van der Waals surface area (Å²) < 4.78 is 5.61. The average Bonchev–Trinajstić information content (AvgIpc) is 2.57. The summed E-state index contributed by atoms with van der Waals surface area (Å²) in [6.45, 7) is 5.89. The first kappa shape index (κ1) is 17.3. The largest absolute Gasteiger partial charge is 0.377 e. The standard InChI is InChI=1S/C21H32O/c1-3-5-6-7-18-8-12-20(13-9-18)21-14-10-19(11-15-21)17-22-16-4-2/h3,5,10-11,14-15,18,20H,4,6-9,12-13,16-17H2,1-2H3/b5-3+. The van der Waals surface area contributed by atoms with Gasteiger partial charge in [-0.05, 0) is 74.8 Å². The van der Waals surface area contributed by atoms with Crippen LogP contribution in [0.4, 0.5) is 0 Å². The van der Waals surface area contributed by atoms with E-state index >= 15 is 0 Å². The van der Waals surface area contributed by atoms with E-state index in [1.54, 1.807) is 0 Å². The molecule has 0 N–H and O–H groups in total. The quantitative estimate of drug-likeness (QED) is 0.407. The Bertz CT molecular complexity index is 424. The monoisotopic (exact) mass is 300 g/mol. The fraction of sp³-hybridized carbons (Fsp3) is 0.619. The van der Waals surface area contributed by atoms with E-state index < -0.39 is 0 Å². The SMILES string of the molecule is C/C=C/CCC1CCC(c2ccc(COCCC)cc2)CC1. The fourth-order valence-electron chi connectivity index (χ4n) is 3.50. The third kappa shape index (κ3) is 5.61. The Hall–Kier alpha value is -1.08. The van der Waals surface area contributed by atoms with E-state index in [4.69, 9.17) is 4.74 Å². The van der Waals surface area contributed by atoms with E-state index in [1.165, 1.54) is 49.7 Å². The van der Waals surface area contributed by atoms with Gasteiger partial charge < -0.3 is 4.74 Å². The maximum atomic E-state index is 5.61. The predicted molar refractivity (Wildman–Crippen MR) is 95.1 cm³/mol. The van der Waals surface area contributed by atoms with Crippen LogP contribution >= 0.6 is 0 Å². The van der Waals surface area contributed by atoms with Crippen LogP contribution in [0.2, 0.25) is 0 Å². The molecule has 0 unspecified atom stereocenters. The molecule has 0 radical (unpaired) electrons. The molecule has 0 amide bonds. The lowest BCUT2D eigenvalue weighted by molar-refractivity contribution is 0.121. The summed E-state index contributed by atoms with van der Waals surface area (Å²) in [5.41, 5.74) is 2.84. The number of ether oxygens (including phenoxy) is 1. The maximum absolute atomic E-state index is 5.61. The number of hydrogen-bond acceptors (Lipinski definition) is 1. The van der Waals surface area contributed by atoms with Gasteiger partial charge in [-0.25, -0.2) is 0 Å². The van der Waals surface area contributed by atoms with Crippen molar-refractivity contribution in [1.29, 1.82) is 0 Å². The Kier molecular flexibility index (Phi) is 7.73. The van der Waals surface area contributed by atoms with Crippen LogP contribution in [0.25, 0.3) is 0 Å². The van der Waals surface area contributed by atoms with Gasteiger partial charge in [0.05, 0.1) is 6.61 Å². The molecule has 1 aromatic rings. The first-order valence-corrected chi connectivity index (χ1v) is 9.11. The second-order valence-electron chi connectivity index (χ2n) is 6.66. The molecule has 0 heterocycles. The molecule has 1 aromatic carbocycles. The molecule has 0 atom stereocenters. The summed E-state index contributed by atoms with van der Waals surface area (Å²) in [5, 5.41) is 0. The summed E-state index contributed by atoms with van der Waals surface area (Å²) >= 11 is 0. The van der Waals surface area contributed by atoms with Gasteiger partial charge in [-0.1, -0.05) is 43.3 Å². The molecule has 1 fully saturated rings. The van der Waals surface area contributed by atoms with E-state index in [2.05, 4.69) is 50.3 Å². The van der Waals surface area contributed by atoms with Gasteiger partial charge in [-0.15, -0.1) is 0 Å². The molecule has 1 aliphatic carbocycles. The molecule has 1 nitrogen and oxygen atoms in total. The summed E-state index contributed by atoms with van der Waals surface area (Å²) in [6, 6.07) is 9.16. The highest BCUT2D eigenvalue weighted by molar-refractivity contribution is 5.25. The molecule has 0 spiro atoms. The van der Waals surface area contributed by atoms with Crippen molar-refractivity contribution in [2.45, 2.75) is 71.3 Å². The summed E-state index contributed by atoms with van der Waals surface area (Å²) in [5.74, 6) is 1.73. The van der Waals surface area contributed by atoms with E-state index in [-0.39, 0.29) is 0 Å². The molecule has 0 bridgehead atoms. The van der Waals surface area contributed by atoms with Gasteiger partial charge in [0, 0.05) is 6.61 Å². The average molecular weight is 300 g/mol. The van der Waals surface area contributed by atoms with Crippen molar-refractivity contribution in [3.8, 4) is 0 Å². The zero-order chi connectivity index (χ0) is 15.6. The van der Waals surface area contributed by atoms with Crippen LogP contribution in [-0.2, 0) is 11.3 Å². The molecule has 1 saturated carbocycles. The molecule has 0 aromatic heterocycles. The normalized spacial score (nSPS) is 22.3. The van der Waals surface area contributed by atoms with Crippen LogP contribution in [0.5, 0.6) is 0 Å². The number of hydrogen-bond donors (Lipinski definition) is 0. The van der Waals surface area contributed by atoms with Crippen molar-refractivity contribution in [3.63, 3.8) is 0 Å². The van der Waals surface area contributed by atoms with Gasteiger partial charge in [0.2, 0.25) is 0 Å². The van der Waals surface area contributed by atoms with Gasteiger partial charge in [-0.2, -0.15) is 0 Å². The zero-order valence-corrected chi connectivity index (χ0v) is 14.4. The van der Waals surface area contributed by atoms with Gasteiger partial charge in [0.1, 0.15) is 0 Å². The minimum absolute atomic E-state index is 0.756. The zero-order valence-electron chi connectivity index (χ0n) is 14.4. The van der Waals surface area contributed by atoms with Gasteiger partial charge >= 0.3 is 0 Å². The van der Waals surface area contributed by atoms with Gasteiger partial charge in [0.25, 0.3) is 0 Å². The second-order valence-corrected chi connectivity index (χ2v) is 6.66. The first-order valence-electron chi connectivity index (χ1n) is 9.11. The maximum Gasteiger partial charge on any atom is 0.0716 e. The molecular formula is C21H32O. The molecule has 0 aliphatic heterocycles. The summed E-state index contributed by atoms with van der Waals surface area (Å²) in [6.07, 6.45) is 13.8.